The van der Waals surface area contributed by atoms with E-state index in [0.29, 0.717) is 11.3 Å². The lowest BCUT2D eigenvalue weighted by Gasteiger charge is -2.14. The third kappa shape index (κ3) is 3.68. The average Bonchev–Trinajstić information content (AvgIpc) is 2.61. The van der Waals surface area contributed by atoms with Crippen LogP contribution < -0.4 is 4.74 Å². The molecule has 0 saturated carbocycles. The molecule has 3 aromatic carbocycles. The molecule has 0 amide bonds. The van der Waals surface area contributed by atoms with Gasteiger partial charge in [0.1, 0.15) is 5.75 Å². The zero-order valence-corrected chi connectivity index (χ0v) is 15.3. The second-order valence-corrected chi connectivity index (χ2v) is 6.74. The number of Topliss-reactive ketones (excluding diaryl/α,β-unsaturated/α-hetero) is 1. The normalized spacial score (nSPS) is 12.1. The number of hydrogen-bond acceptors (Lipinski definition) is 2. The molecule has 0 radical (unpaired) electrons. The molecule has 0 fully saturated rings. The van der Waals surface area contributed by atoms with E-state index in [-0.39, 0.29) is 5.78 Å². The second-order valence-electron chi connectivity index (χ2n) is 5.83. The minimum Gasteiger partial charge on any atom is -0.483 e. The van der Waals surface area contributed by atoms with Gasteiger partial charge in [0.15, 0.2) is 6.10 Å². The van der Waals surface area contributed by atoms with Gasteiger partial charge >= 0.3 is 0 Å². The van der Waals surface area contributed by atoms with Crippen molar-refractivity contribution in [2.75, 3.05) is 0 Å². The molecule has 3 aromatic rings. The van der Waals surface area contributed by atoms with Crippen molar-refractivity contribution in [1.82, 2.24) is 0 Å². The fraction of sp³-hybridized carbons (Fsp3) is 0.190. The number of ether oxygens (including phenoxy) is 1. The third-order valence-corrected chi connectivity index (χ3v) is 4.60. The summed E-state index contributed by atoms with van der Waals surface area (Å²) in [6.45, 7) is 3.89. The molecular weight excluding hydrogens is 364 g/mol. The Bertz CT molecular complexity index is 869. The minimum atomic E-state index is -0.523. The van der Waals surface area contributed by atoms with E-state index in [1.807, 2.05) is 54.6 Å². The molecule has 24 heavy (non-hydrogen) atoms. The number of fused-ring (bicyclic) bond motifs is 1. The van der Waals surface area contributed by atoms with Gasteiger partial charge < -0.3 is 4.74 Å². The summed E-state index contributed by atoms with van der Waals surface area (Å²) in [6.07, 6.45) is 0.443. The first-order valence-corrected chi connectivity index (χ1v) is 8.85. The topological polar surface area (TPSA) is 26.3 Å². The summed E-state index contributed by atoms with van der Waals surface area (Å²) in [5.41, 5.74) is 1.91. The van der Waals surface area contributed by atoms with Gasteiger partial charge in [-0.1, -0.05) is 59.3 Å². The summed E-state index contributed by atoms with van der Waals surface area (Å²) in [5.74, 6) is 0.699. The second kappa shape index (κ2) is 7.18. The number of halogens is 1. The molecule has 0 aliphatic heterocycles. The van der Waals surface area contributed by atoms with Crippen LogP contribution in [0.15, 0.2) is 65.1 Å². The first-order valence-electron chi connectivity index (χ1n) is 8.06. The first-order chi connectivity index (χ1) is 11.6. The lowest BCUT2D eigenvalue weighted by Crippen LogP contribution is -2.23. The van der Waals surface area contributed by atoms with Crippen LogP contribution in [0.1, 0.15) is 29.8 Å². The summed E-state index contributed by atoms with van der Waals surface area (Å²) in [6, 6.07) is 19.7. The van der Waals surface area contributed by atoms with Crippen LogP contribution in [0, 0.1) is 0 Å². The molecule has 0 aliphatic rings. The smallest absolute Gasteiger partial charge is 0.202 e. The minimum absolute atomic E-state index is 0.00597. The number of rotatable bonds is 5. The summed E-state index contributed by atoms with van der Waals surface area (Å²) in [7, 11) is 0. The Kier molecular flexibility index (Phi) is 5.00. The Labute approximate surface area is 150 Å². The molecule has 0 heterocycles. The Hall–Kier alpha value is -2.13. The Balaban J connectivity index is 1.76. The van der Waals surface area contributed by atoms with Crippen molar-refractivity contribution in [2.24, 2.45) is 0 Å². The molecule has 3 heteroatoms. The number of ketones is 1. The quantitative estimate of drug-likeness (QED) is 0.520. The van der Waals surface area contributed by atoms with E-state index < -0.39 is 6.10 Å². The molecule has 0 saturated heterocycles. The van der Waals surface area contributed by atoms with Crippen molar-refractivity contribution in [3.8, 4) is 5.75 Å². The molecule has 0 aromatic heterocycles. The Morgan fingerprint density at radius 3 is 2.38 bits per heavy atom. The highest BCUT2D eigenvalue weighted by atomic mass is 79.9. The molecule has 1 atom stereocenters. The number of carbonyl (C=O) groups is 1. The van der Waals surface area contributed by atoms with Gasteiger partial charge in [-0.15, -0.1) is 0 Å². The number of aryl methyl sites for hydroxylation is 1. The molecule has 0 aliphatic carbocycles. The van der Waals surface area contributed by atoms with Gasteiger partial charge in [0.2, 0.25) is 5.78 Å². The van der Waals surface area contributed by atoms with Crippen molar-refractivity contribution in [3.05, 3.63) is 76.3 Å². The summed E-state index contributed by atoms with van der Waals surface area (Å²) in [4.78, 5) is 12.5. The SMILES string of the molecule is CCc1ccc(C(=O)C(C)Oc2ccc3cc(Br)ccc3c2)cc1. The van der Waals surface area contributed by atoms with Crippen LogP contribution >= 0.6 is 15.9 Å². The molecular formula is C21H19BrO2. The van der Waals surface area contributed by atoms with Crippen molar-refractivity contribution in [2.45, 2.75) is 26.4 Å². The van der Waals surface area contributed by atoms with E-state index in [0.717, 1.165) is 21.7 Å². The summed E-state index contributed by atoms with van der Waals surface area (Å²) >= 11 is 3.47. The van der Waals surface area contributed by atoms with E-state index in [4.69, 9.17) is 4.74 Å². The number of hydrogen-bond donors (Lipinski definition) is 0. The molecule has 1 unspecified atom stereocenters. The molecule has 122 valence electrons. The zero-order chi connectivity index (χ0) is 17.1. The molecule has 3 rings (SSSR count). The predicted octanol–water partition coefficient (Wildman–Crippen LogP) is 5.81. The summed E-state index contributed by atoms with van der Waals surface area (Å²) in [5, 5.41) is 2.22. The van der Waals surface area contributed by atoms with Crippen LogP contribution in [0.3, 0.4) is 0 Å². The third-order valence-electron chi connectivity index (χ3n) is 4.10. The van der Waals surface area contributed by atoms with E-state index in [9.17, 15) is 4.79 Å². The number of benzene rings is 3. The highest BCUT2D eigenvalue weighted by molar-refractivity contribution is 9.10. The lowest BCUT2D eigenvalue weighted by molar-refractivity contribution is 0.0818. The van der Waals surface area contributed by atoms with E-state index in [1.165, 1.54) is 5.56 Å². The van der Waals surface area contributed by atoms with Gasteiger partial charge in [-0.05, 0) is 53.9 Å². The zero-order valence-electron chi connectivity index (χ0n) is 13.8. The fourth-order valence-corrected chi connectivity index (χ4v) is 3.04. The Morgan fingerprint density at radius 1 is 1.00 bits per heavy atom. The largest absolute Gasteiger partial charge is 0.483 e. The molecule has 2 nitrogen and oxygen atoms in total. The first kappa shape index (κ1) is 16.7. The van der Waals surface area contributed by atoms with Gasteiger partial charge in [0, 0.05) is 10.0 Å². The molecule has 0 bridgehead atoms. The maximum Gasteiger partial charge on any atom is 0.202 e. The Morgan fingerprint density at radius 2 is 1.67 bits per heavy atom. The van der Waals surface area contributed by atoms with Gasteiger partial charge in [0.25, 0.3) is 0 Å². The number of carbonyl (C=O) groups excluding carboxylic acids is 1. The molecule has 0 spiro atoms. The van der Waals surface area contributed by atoms with E-state index in [1.54, 1.807) is 6.92 Å². The van der Waals surface area contributed by atoms with Crippen LogP contribution in [-0.2, 0) is 6.42 Å². The van der Waals surface area contributed by atoms with Gasteiger partial charge in [-0.3, -0.25) is 4.79 Å². The van der Waals surface area contributed by atoms with Crippen LogP contribution in [-0.4, -0.2) is 11.9 Å². The maximum atomic E-state index is 12.5. The van der Waals surface area contributed by atoms with Crippen LogP contribution in [0.5, 0.6) is 5.75 Å². The van der Waals surface area contributed by atoms with Gasteiger partial charge in [-0.25, -0.2) is 0 Å². The van der Waals surface area contributed by atoms with Crippen molar-refractivity contribution in [1.29, 1.82) is 0 Å². The summed E-state index contributed by atoms with van der Waals surface area (Å²) < 4.78 is 6.91. The predicted molar refractivity (Wildman–Crippen MR) is 102 cm³/mol. The highest BCUT2D eigenvalue weighted by Gasteiger charge is 2.17. The lowest BCUT2D eigenvalue weighted by atomic mass is 10.0. The standard InChI is InChI=1S/C21H19BrO2/c1-3-15-4-6-16(7-5-15)21(23)14(2)24-20-11-9-17-12-19(22)10-8-18(17)13-20/h4-14H,3H2,1-2H3. The van der Waals surface area contributed by atoms with Crippen molar-refractivity contribution >= 4 is 32.5 Å². The van der Waals surface area contributed by atoms with E-state index >= 15 is 0 Å². The van der Waals surface area contributed by atoms with E-state index in [2.05, 4.69) is 28.9 Å². The van der Waals surface area contributed by atoms with Crippen molar-refractivity contribution in [3.63, 3.8) is 0 Å². The molecule has 0 N–H and O–H groups in total. The monoisotopic (exact) mass is 382 g/mol. The van der Waals surface area contributed by atoms with Gasteiger partial charge in [0.05, 0.1) is 0 Å². The van der Waals surface area contributed by atoms with Gasteiger partial charge in [-0.2, -0.15) is 0 Å². The van der Waals surface area contributed by atoms with Crippen LogP contribution in [0.2, 0.25) is 0 Å². The maximum absolute atomic E-state index is 12.5. The average molecular weight is 383 g/mol. The highest BCUT2D eigenvalue weighted by Crippen LogP contribution is 2.25. The van der Waals surface area contributed by atoms with Crippen LogP contribution in [0.4, 0.5) is 0 Å². The fourth-order valence-electron chi connectivity index (χ4n) is 2.67. The van der Waals surface area contributed by atoms with Crippen molar-refractivity contribution < 1.29 is 9.53 Å². The van der Waals surface area contributed by atoms with Crippen LogP contribution in [0.25, 0.3) is 10.8 Å².